The van der Waals surface area contributed by atoms with E-state index in [0.29, 0.717) is 13.0 Å². The van der Waals surface area contributed by atoms with E-state index in [1.807, 2.05) is 14.0 Å². The van der Waals surface area contributed by atoms with Gasteiger partial charge in [0.2, 0.25) is 0 Å². The van der Waals surface area contributed by atoms with Gasteiger partial charge in [-0.05, 0) is 32.5 Å². The number of ether oxygens (including phenoxy) is 1. The summed E-state index contributed by atoms with van der Waals surface area (Å²) in [4.78, 5) is 0. The molecule has 1 rings (SSSR count). The Morgan fingerprint density at radius 3 is 2.47 bits per heavy atom. The Labute approximate surface area is 88.3 Å². The molecule has 0 aliphatic carbocycles. The second kappa shape index (κ2) is 5.66. The molecule has 0 aliphatic heterocycles. The smallest absolute Gasteiger partial charge is 0.190 e. The molecule has 15 heavy (non-hydrogen) atoms. The molecule has 0 bridgehead atoms. The van der Waals surface area contributed by atoms with Crippen molar-refractivity contribution in [1.29, 1.82) is 0 Å². The molecule has 1 aromatic carbocycles. The number of halogens is 2. The van der Waals surface area contributed by atoms with Crippen LogP contribution in [0.25, 0.3) is 0 Å². The normalized spacial score (nSPS) is 12.5. The molecule has 0 aliphatic rings. The van der Waals surface area contributed by atoms with E-state index in [1.54, 1.807) is 0 Å². The lowest BCUT2D eigenvalue weighted by molar-refractivity contribution is 0.267. The SMILES string of the molecule is CNC(C)CCOc1c(F)cccc1F. The molecule has 4 heteroatoms. The van der Waals surface area contributed by atoms with Crippen LogP contribution in [0.1, 0.15) is 13.3 Å². The fraction of sp³-hybridized carbons (Fsp3) is 0.455. The van der Waals surface area contributed by atoms with Crippen molar-refractivity contribution in [2.45, 2.75) is 19.4 Å². The summed E-state index contributed by atoms with van der Waals surface area (Å²) < 4.78 is 31.2. The standard InChI is InChI=1S/C11H15F2NO/c1-8(14-2)6-7-15-11-9(12)4-3-5-10(11)13/h3-5,8,14H,6-7H2,1-2H3. The third-order valence-electron chi connectivity index (χ3n) is 2.21. The zero-order chi connectivity index (χ0) is 11.3. The largest absolute Gasteiger partial charge is 0.488 e. The highest BCUT2D eigenvalue weighted by atomic mass is 19.1. The van der Waals surface area contributed by atoms with Crippen LogP contribution in [0.3, 0.4) is 0 Å². The van der Waals surface area contributed by atoms with Gasteiger partial charge in [-0.2, -0.15) is 0 Å². The third-order valence-corrected chi connectivity index (χ3v) is 2.21. The molecule has 0 saturated carbocycles. The molecule has 2 nitrogen and oxygen atoms in total. The number of hydrogen-bond donors (Lipinski definition) is 1. The summed E-state index contributed by atoms with van der Waals surface area (Å²) in [6.45, 7) is 2.26. The van der Waals surface area contributed by atoms with E-state index in [4.69, 9.17) is 4.74 Å². The van der Waals surface area contributed by atoms with Crippen molar-refractivity contribution in [3.63, 3.8) is 0 Å². The fourth-order valence-corrected chi connectivity index (χ4v) is 1.10. The molecule has 1 N–H and O–H groups in total. The second-order valence-corrected chi connectivity index (χ2v) is 3.38. The molecular weight excluding hydrogens is 200 g/mol. The maximum absolute atomic E-state index is 13.1. The first-order chi connectivity index (χ1) is 7.15. The Kier molecular flexibility index (Phi) is 4.49. The second-order valence-electron chi connectivity index (χ2n) is 3.38. The van der Waals surface area contributed by atoms with Crippen LogP contribution in [0.2, 0.25) is 0 Å². The van der Waals surface area contributed by atoms with Crippen LogP contribution in [0.5, 0.6) is 5.75 Å². The summed E-state index contributed by atoms with van der Waals surface area (Å²) in [6.07, 6.45) is 0.699. The maximum Gasteiger partial charge on any atom is 0.190 e. The van der Waals surface area contributed by atoms with Crippen molar-refractivity contribution in [1.82, 2.24) is 5.32 Å². The minimum Gasteiger partial charge on any atom is -0.488 e. The Bertz CT molecular complexity index is 297. The van der Waals surface area contributed by atoms with Crippen molar-refractivity contribution in [2.75, 3.05) is 13.7 Å². The van der Waals surface area contributed by atoms with Gasteiger partial charge in [0.25, 0.3) is 0 Å². The van der Waals surface area contributed by atoms with Gasteiger partial charge in [-0.1, -0.05) is 6.07 Å². The lowest BCUT2D eigenvalue weighted by atomic mass is 10.2. The molecule has 0 radical (unpaired) electrons. The third kappa shape index (κ3) is 3.47. The van der Waals surface area contributed by atoms with Gasteiger partial charge in [0.05, 0.1) is 6.61 Å². The maximum atomic E-state index is 13.1. The minimum absolute atomic E-state index is 0.264. The fourth-order valence-electron chi connectivity index (χ4n) is 1.10. The van der Waals surface area contributed by atoms with Gasteiger partial charge in [0.1, 0.15) is 0 Å². The molecule has 1 unspecified atom stereocenters. The summed E-state index contributed by atoms with van der Waals surface area (Å²) in [5, 5.41) is 3.01. The number of hydrogen-bond acceptors (Lipinski definition) is 2. The van der Waals surface area contributed by atoms with Crippen molar-refractivity contribution in [3.8, 4) is 5.75 Å². The minimum atomic E-state index is -0.660. The van der Waals surface area contributed by atoms with Gasteiger partial charge < -0.3 is 10.1 Å². The topological polar surface area (TPSA) is 21.3 Å². The molecule has 0 aromatic heterocycles. The van der Waals surface area contributed by atoms with Crippen molar-refractivity contribution >= 4 is 0 Å². The zero-order valence-corrected chi connectivity index (χ0v) is 8.89. The molecule has 0 saturated heterocycles. The van der Waals surface area contributed by atoms with Crippen LogP contribution >= 0.6 is 0 Å². The molecule has 0 fully saturated rings. The number of nitrogens with one attached hydrogen (secondary N) is 1. The van der Waals surface area contributed by atoms with E-state index in [1.165, 1.54) is 18.2 Å². The highest BCUT2D eigenvalue weighted by molar-refractivity contribution is 5.25. The van der Waals surface area contributed by atoms with Crippen LogP contribution in [0.4, 0.5) is 8.78 Å². The molecule has 84 valence electrons. The van der Waals surface area contributed by atoms with Gasteiger partial charge in [-0.15, -0.1) is 0 Å². The quantitative estimate of drug-likeness (QED) is 0.814. The van der Waals surface area contributed by atoms with E-state index in [2.05, 4.69) is 5.32 Å². The van der Waals surface area contributed by atoms with Crippen LogP contribution in [-0.2, 0) is 0 Å². The first kappa shape index (κ1) is 11.9. The molecule has 0 spiro atoms. The summed E-state index contributed by atoms with van der Waals surface area (Å²) in [5.41, 5.74) is 0. The highest BCUT2D eigenvalue weighted by Gasteiger charge is 2.09. The van der Waals surface area contributed by atoms with Gasteiger partial charge in [0, 0.05) is 6.04 Å². The zero-order valence-electron chi connectivity index (χ0n) is 8.89. The number of benzene rings is 1. The lowest BCUT2D eigenvalue weighted by Gasteiger charge is -2.11. The Balaban J connectivity index is 2.50. The lowest BCUT2D eigenvalue weighted by Crippen LogP contribution is -2.23. The molecule has 1 aromatic rings. The predicted molar refractivity (Wildman–Crippen MR) is 55.0 cm³/mol. The van der Waals surface area contributed by atoms with E-state index in [0.717, 1.165) is 0 Å². The summed E-state index contributed by atoms with van der Waals surface area (Å²) in [7, 11) is 1.83. The highest BCUT2D eigenvalue weighted by Crippen LogP contribution is 2.20. The summed E-state index contributed by atoms with van der Waals surface area (Å²) in [5.74, 6) is -1.61. The van der Waals surface area contributed by atoms with Crippen molar-refractivity contribution in [3.05, 3.63) is 29.8 Å². The summed E-state index contributed by atoms with van der Waals surface area (Å²) in [6, 6.07) is 3.94. The number of para-hydroxylation sites is 1. The van der Waals surface area contributed by atoms with Gasteiger partial charge in [-0.25, -0.2) is 8.78 Å². The van der Waals surface area contributed by atoms with Gasteiger partial charge in [0.15, 0.2) is 17.4 Å². The summed E-state index contributed by atoms with van der Waals surface area (Å²) >= 11 is 0. The first-order valence-electron chi connectivity index (χ1n) is 4.89. The van der Waals surface area contributed by atoms with Crippen LogP contribution < -0.4 is 10.1 Å². The van der Waals surface area contributed by atoms with Crippen LogP contribution in [0, 0.1) is 11.6 Å². The van der Waals surface area contributed by atoms with E-state index >= 15 is 0 Å². The van der Waals surface area contributed by atoms with E-state index < -0.39 is 11.6 Å². The molecule has 0 heterocycles. The van der Waals surface area contributed by atoms with Gasteiger partial charge in [-0.3, -0.25) is 0 Å². The Morgan fingerprint density at radius 2 is 1.93 bits per heavy atom. The van der Waals surface area contributed by atoms with Crippen LogP contribution in [-0.4, -0.2) is 19.7 Å². The predicted octanol–water partition coefficient (Wildman–Crippen LogP) is 2.34. The van der Waals surface area contributed by atoms with Gasteiger partial charge >= 0.3 is 0 Å². The molecule has 1 atom stereocenters. The average molecular weight is 215 g/mol. The Morgan fingerprint density at radius 1 is 1.33 bits per heavy atom. The monoisotopic (exact) mass is 215 g/mol. The first-order valence-corrected chi connectivity index (χ1v) is 4.89. The Hall–Kier alpha value is -1.16. The molecule has 0 amide bonds. The van der Waals surface area contributed by atoms with Crippen molar-refractivity contribution < 1.29 is 13.5 Å². The van der Waals surface area contributed by atoms with Crippen molar-refractivity contribution in [2.24, 2.45) is 0 Å². The van der Waals surface area contributed by atoms with Crippen LogP contribution in [0.15, 0.2) is 18.2 Å². The number of rotatable bonds is 5. The average Bonchev–Trinajstić information content (AvgIpc) is 2.22. The van der Waals surface area contributed by atoms with E-state index in [-0.39, 0.29) is 11.8 Å². The molecular formula is C11H15F2NO. The van der Waals surface area contributed by atoms with E-state index in [9.17, 15) is 8.78 Å².